The molecule has 0 saturated heterocycles. The first kappa shape index (κ1) is 20.8. The van der Waals surface area contributed by atoms with E-state index >= 15 is 0 Å². The van der Waals surface area contributed by atoms with Gasteiger partial charge in [0.1, 0.15) is 11.3 Å². The number of hydrogen-bond donors (Lipinski definition) is 4. The fourth-order valence-corrected chi connectivity index (χ4v) is 3.63. The number of fused-ring (bicyclic) bond motifs is 1. The number of halogens is 3. The maximum Gasteiger partial charge on any atom is 0.271 e. The van der Waals surface area contributed by atoms with Gasteiger partial charge in [-0.25, -0.2) is 23.1 Å². The first-order chi connectivity index (χ1) is 14.7. The van der Waals surface area contributed by atoms with E-state index in [1.807, 2.05) is 0 Å². The predicted octanol–water partition coefficient (Wildman–Crippen LogP) is 2.93. The predicted molar refractivity (Wildman–Crippen MR) is 110 cm³/mol. The summed E-state index contributed by atoms with van der Waals surface area (Å²) in [6.07, 6.45) is 3.16. The van der Waals surface area contributed by atoms with E-state index in [-0.39, 0.29) is 35.0 Å². The molecule has 1 saturated carbocycles. The summed E-state index contributed by atoms with van der Waals surface area (Å²) in [7, 11) is 0. The van der Waals surface area contributed by atoms with E-state index in [1.165, 1.54) is 18.5 Å². The van der Waals surface area contributed by atoms with Crippen LogP contribution in [0.5, 0.6) is 0 Å². The number of hydrogen-bond acceptors (Lipinski definition) is 7. The van der Waals surface area contributed by atoms with E-state index in [4.69, 9.17) is 11.5 Å². The second-order valence-corrected chi connectivity index (χ2v) is 7.40. The Balaban J connectivity index is 1.65. The van der Waals surface area contributed by atoms with Crippen LogP contribution in [0.4, 0.5) is 30.5 Å². The fraction of sp³-hybridized carbons (Fsp3) is 0.300. The zero-order valence-corrected chi connectivity index (χ0v) is 16.3. The van der Waals surface area contributed by atoms with Gasteiger partial charge in [0.25, 0.3) is 11.8 Å². The molecule has 3 aromatic rings. The summed E-state index contributed by atoms with van der Waals surface area (Å²) in [5, 5.41) is 6.23. The van der Waals surface area contributed by atoms with Gasteiger partial charge in [-0.15, -0.1) is 0 Å². The Morgan fingerprint density at radius 2 is 2.06 bits per heavy atom. The van der Waals surface area contributed by atoms with Crippen LogP contribution in [0.25, 0.3) is 10.9 Å². The Hall–Kier alpha value is -3.47. The molecule has 1 fully saturated rings. The standard InChI is InChI=1S/C20H20F3N7O/c21-12-8-11(7-10-3-2-6-26-15(10)12)28-19-16(18(25)31)27-9-14(30-19)29-13-4-1-5-20(22,23)17(13)24/h2-3,6-9,13,17H,1,4-5,24H2,(H2,25,31)(H2,28,29,30)/t13-,17-/m1/s1. The van der Waals surface area contributed by atoms with Crippen molar-refractivity contribution in [2.75, 3.05) is 10.6 Å². The summed E-state index contributed by atoms with van der Waals surface area (Å²) in [6.45, 7) is 0. The van der Waals surface area contributed by atoms with Crippen LogP contribution in [0.3, 0.4) is 0 Å². The van der Waals surface area contributed by atoms with Crippen molar-refractivity contribution in [1.82, 2.24) is 15.0 Å². The average Bonchev–Trinajstić information content (AvgIpc) is 2.71. The molecule has 1 aliphatic carbocycles. The Kier molecular flexibility index (Phi) is 5.36. The molecule has 2 aromatic heterocycles. The van der Waals surface area contributed by atoms with Crippen molar-refractivity contribution < 1.29 is 18.0 Å². The Bertz CT molecular complexity index is 1140. The zero-order chi connectivity index (χ0) is 22.2. The van der Waals surface area contributed by atoms with E-state index in [0.29, 0.717) is 18.2 Å². The lowest BCUT2D eigenvalue weighted by Crippen LogP contribution is -2.55. The molecular formula is C20H20F3N7O. The number of nitrogens with one attached hydrogen (secondary N) is 2. The lowest BCUT2D eigenvalue weighted by atomic mass is 9.87. The van der Waals surface area contributed by atoms with Gasteiger partial charge in [0.2, 0.25) is 0 Å². The third kappa shape index (κ3) is 4.22. The molecule has 162 valence electrons. The third-order valence-electron chi connectivity index (χ3n) is 5.21. The molecule has 1 aliphatic rings. The maximum atomic E-state index is 14.4. The average molecular weight is 431 g/mol. The number of anilines is 3. The molecule has 6 N–H and O–H groups in total. The fourth-order valence-electron chi connectivity index (χ4n) is 3.63. The molecule has 0 unspecified atom stereocenters. The minimum Gasteiger partial charge on any atom is -0.364 e. The highest BCUT2D eigenvalue weighted by Crippen LogP contribution is 2.34. The molecule has 2 heterocycles. The first-order valence-corrected chi connectivity index (χ1v) is 9.63. The molecule has 0 bridgehead atoms. The van der Waals surface area contributed by atoms with Crippen LogP contribution in [0.15, 0.2) is 36.7 Å². The van der Waals surface area contributed by atoms with Gasteiger partial charge < -0.3 is 22.1 Å². The van der Waals surface area contributed by atoms with Crippen LogP contribution in [0, 0.1) is 5.82 Å². The number of nitrogens with zero attached hydrogens (tertiary/aromatic N) is 3. The number of alkyl halides is 2. The number of amides is 1. The van der Waals surface area contributed by atoms with Crippen molar-refractivity contribution in [3.8, 4) is 0 Å². The van der Waals surface area contributed by atoms with Crippen LogP contribution >= 0.6 is 0 Å². The molecular weight excluding hydrogens is 411 g/mol. The van der Waals surface area contributed by atoms with Gasteiger partial charge in [0, 0.05) is 29.7 Å². The number of nitrogens with two attached hydrogens (primary N) is 2. The summed E-state index contributed by atoms with van der Waals surface area (Å²) in [5.41, 5.74) is 11.4. The van der Waals surface area contributed by atoms with Gasteiger partial charge in [0.05, 0.1) is 12.2 Å². The van der Waals surface area contributed by atoms with Gasteiger partial charge in [-0.05, 0) is 31.0 Å². The minimum absolute atomic E-state index is 0.0451. The van der Waals surface area contributed by atoms with Crippen LogP contribution in [0.1, 0.15) is 29.8 Å². The second-order valence-electron chi connectivity index (χ2n) is 7.40. The van der Waals surface area contributed by atoms with Gasteiger partial charge in [-0.2, -0.15) is 0 Å². The SMILES string of the molecule is NC(=O)c1ncc(N[C@@H]2CCCC(F)(F)[C@@H]2N)nc1Nc1cc(F)c2ncccc2c1. The molecule has 1 aromatic carbocycles. The van der Waals surface area contributed by atoms with Gasteiger partial charge in [-0.1, -0.05) is 6.07 Å². The number of carbonyl (C=O) groups is 1. The Morgan fingerprint density at radius 1 is 1.26 bits per heavy atom. The lowest BCUT2D eigenvalue weighted by molar-refractivity contribution is -0.0554. The molecule has 11 heteroatoms. The topological polar surface area (TPSA) is 132 Å². The van der Waals surface area contributed by atoms with E-state index in [2.05, 4.69) is 25.6 Å². The van der Waals surface area contributed by atoms with Crippen molar-refractivity contribution in [1.29, 1.82) is 0 Å². The summed E-state index contributed by atoms with van der Waals surface area (Å²) in [4.78, 5) is 24.0. The Morgan fingerprint density at radius 3 is 2.84 bits per heavy atom. The molecule has 8 nitrogen and oxygen atoms in total. The maximum absolute atomic E-state index is 14.4. The van der Waals surface area contributed by atoms with Crippen molar-refractivity contribution in [2.24, 2.45) is 11.5 Å². The van der Waals surface area contributed by atoms with Gasteiger partial charge in [0.15, 0.2) is 17.3 Å². The zero-order valence-electron chi connectivity index (χ0n) is 16.3. The van der Waals surface area contributed by atoms with E-state index in [0.717, 1.165) is 0 Å². The summed E-state index contributed by atoms with van der Waals surface area (Å²) >= 11 is 0. The first-order valence-electron chi connectivity index (χ1n) is 9.63. The highest BCUT2D eigenvalue weighted by Gasteiger charge is 2.44. The van der Waals surface area contributed by atoms with E-state index in [9.17, 15) is 18.0 Å². The number of carbonyl (C=O) groups excluding carboxylic acids is 1. The second kappa shape index (κ2) is 7.99. The third-order valence-corrected chi connectivity index (χ3v) is 5.21. The molecule has 1 amide bonds. The lowest BCUT2D eigenvalue weighted by Gasteiger charge is -2.36. The van der Waals surface area contributed by atoms with Crippen molar-refractivity contribution >= 4 is 34.1 Å². The van der Waals surface area contributed by atoms with E-state index < -0.39 is 29.7 Å². The number of aromatic nitrogens is 3. The number of rotatable bonds is 5. The monoisotopic (exact) mass is 431 g/mol. The smallest absolute Gasteiger partial charge is 0.271 e. The number of pyridine rings is 1. The van der Waals surface area contributed by atoms with Crippen molar-refractivity contribution in [3.63, 3.8) is 0 Å². The van der Waals surface area contributed by atoms with Gasteiger partial charge >= 0.3 is 0 Å². The van der Waals surface area contributed by atoms with E-state index in [1.54, 1.807) is 18.2 Å². The summed E-state index contributed by atoms with van der Waals surface area (Å²) in [6, 6.07) is 4.04. The number of primary amides is 1. The quantitative estimate of drug-likeness (QED) is 0.488. The normalized spacial score (nSPS) is 20.4. The highest BCUT2D eigenvalue weighted by molar-refractivity contribution is 5.96. The molecule has 0 radical (unpaired) electrons. The minimum atomic E-state index is -2.99. The number of benzene rings is 1. The Labute approximate surface area is 175 Å². The summed E-state index contributed by atoms with van der Waals surface area (Å²) < 4.78 is 42.3. The highest BCUT2D eigenvalue weighted by atomic mass is 19.3. The van der Waals surface area contributed by atoms with Crippen LogP contribution < -0.4 is 22.1 Å². The molecule has 0 aliphatic heterocycles. The van der Waals surface area contributed by atoms with Gasteiger partial charge in [-0.3, -0.25) is 9.78 Å². The van der Waals surface area contributed by atoms with Crippen LogP contribution in [-0.4, -0.2) is 38.9 Å². The molecule has 2 atom stereocenters. The summed E-state index contributed by atoms with van der Waals surface area (Å²) in [5.74, 6) is -4.33. The van der Waals surface area contributed by atoms with Crippen LogP contribution in [0.2, 0.25) is 0 Å². The molecule has 0 spiro atoms. The van der Waals surface area contributed by atoms with Crippen LogP contribution in [-0.2, 0) is 0 Å². The largest absolute Gasteiger partial charge is 0.364 e. The van der Waals surface area contributed by atoms with Crippen molar-refractivity contribution in [3.05, 3.63) is 48.2 Å². The molecule has 4 rings (SSSR count). The van der Waals surface area contributed by atoms with Crippen molar-refractivity contribution in [2.45, 2.75) is 37.3 Å². The molecule has 31 heavy (non-hydrogen) atoms.